The van der Waals surface area contributed by atoms with Gasteiger partial charge in [-0.05, 0) is 18.9 Å². The molecule has 92 valence electrons. The molecule has 17 heavy (non-hydrogen) atoms. The van der Waals surface area contributed by atoms with Gasteiger partial charge in [0.15, 0.2) is 0 Å². The van der Waals surface area contributed by atoms with Crippen LogP contribution in [-0.4, -0.2) is 4.40 Å². The minimum Gasteiger partial charge on any atom is -0.230 e. The second kappa shape index (κ2) is 6.43. The molecule has 2 rings (SSSR count). The molecule has 0 fully saturated rings. The predicted molar refractivity (Wildman–Crippen MR) is 71.0 cm³/mol. The Hall–Kier alpha value is -1.31. The molecule has 2 aromatic heterocycles. The van der Waals surface area contributed by atoms with Crippen LogP contribution >= 0.6 is 0 Å². The van der Waals surface area contributed by atoms with Crippen molar-refractivity contribution in [2.24, 2.45) is 0 Å². The van der Waals surface area contributed by atoms with E-state index in [1.165, 1.54) is 44.2 Å². The summed E-state index contributed by atoms with van der Waals surface area (Å²) in [5.74, 6) is 0. The lowest BCUT2D eigenvalue weighted by molar-refractivity contribution is -0.671. The third-order valence-corrected chi connectivity index (χ3v) is 3.32. The SMILES string of the molecule is CCCCCCCC[n+]1ccn2ccccc21. The first-order valence-corrected chi connectivity index (χ1v) is 6.87. The van der Waals surface area contributed by atoms with Crippen LogP contribution in [0.3, 0.4) is 0 Å². The summed E-state index contributed by atoms with van der Waals surface area (Å²) in [6.45, 7) is 3.41. The second-order valence-electron chi connectivity index (χ2n) is 4.73. The average molecular weight is 231 g/mol. The van der Waals surface area contributed by atoms with Crippen LogP contribution in [0.5, 0.6) is 0 Å². The molecule has 2 heteroatoms. The van der Waals surface area contributed by atoms with E-state index in [1.54, 1.807) is 0 Å². The average Bonchev–Trinajstić information content (AvgIpc) is 2.77. The third-order valence-electron chi connectivity index (χ3n) is 3.32. The quantitative estimate of drug-likeness (QED) is 0.508. The molecule has 2 nitrogen and oxygen atoms in total. The first-order chi connectivity index (χ1) is 8.42. The number of hydrogen-bond donors (Lipinski definition) is 0. The Balaban J connectivity index is 1.79. The maximum atomic E-state index is 2.35. The van der Waals surface area contributed by atoms with Gasteiger partial charge in [0.2, 0.25) is 0 Å². The highest BCUT2D eigenvalue weighted by Crippen LogP contribution is 2.05. The van der Waals surface area contributed by atoms with Crippen LogP contribution in [0, 0.1) is 0 Å². The number of rotatable bonds is 7. The number of nitrogens with zero attached hydrogens (tertiary/aromatic N) is 2. The Morgan fingerprint density at radius 2 is 1.82 bits per heavy atom. The lowest BCUT2D eigenvalue weighted by atomic mass is 10.1. The van der Waals surface area contributed by atoms with Crippen molar-refractivity contribution in [3.8, 4) is 0 Å². The van der Waals surface area contributed by atoms with Gasteiger partial charge in [-0.25, -0.2) is 8.97 Å². The zero-order valence-corrected chi connectivity index (χ0v) is 10.8. The van der Waals surface area contributed by atoms with E-state index in [2.05, 4.69) is 52.7 Å². The summed E-state index contributed by atoms with van der Waals surface area (Å²) in [4.78, 5) is 0. The first-order valence-electron chi connectivity index (χ1n) is 6.87. The predicted octanol–water partition coefficient (Wildman–Crippen LogP) is 3.59. The van der Waals surface area contributed by atoms with Gasteiger partial charge in [0.05, 0.1) is 12.7 Å². The lowest BCUT2D eigenvalue weighted by Gasteiger charge is -1.99. The van der Waals surface area contributed by atoms with E-state index in [1.807, 2.05) is 0 Å². The van der Waals surface area contributed by atoms with Crippen LogP contribution in [0.4, 0.5) is 0 Å². The summed E-state index contributed by atoms with van der Waals surface area (Å²) in [7, 11) is 0. The van der Waals surface area contributed by atoms with Gasteiger partial charge >= 0.3 is 0 Å². The summed E-state index contributed by atoms with van der Waals surface area (Å²) in [5, 5.41) is 0. The molecule has 0 saturated heterocycles. The molecule has 0 aromatic carbocycles. The van der Waals surface area contributed by atoms with E-state index in [0.29, 0.717) is 0 Å². The molecule has 0 atom stereocenters. The lowest BCUT2D eigenvalue weighted by Crippen LogP contribution is -2.32. The van der Waals surface area contributed by atoms with Gasteiger partial charge in [-0.2, -0.15) is 0 Å². The Kier molecular flexibility index (Phi) is 4.60. The number of imidazole rings is 1. The molecular weight excluding hydrogens is 208 g/mol. The van der Waals surface area contributed by atoms with E-state index >= 15 is 0 Å². The van der Waals surface area contributed by atoms with Crippen molar-refractivity contribution in [3.05, 3.63) is 36.8 Å². The number of aryl methyl sites for hydroxylation is 1. The van der Waals surface area contributed by atoms with Gasteiger partial charge in [-0.3, -0.25) is 0 Å². The number of aromatic nitrogens is 2. The summed E-state index contributed by atoms with van der Waals surface area (Å²) in [5.41, 5.74) is 1.29. The molecule has 0 amide bonds. The van der Waals surface area contributed by atoms with Gasteiger partial charge in [-0.1, -0.05) is 38.7 Å². The van der Waals surface area contributed by atoms with Crippen molar-refractivity contribution in [1.82, 2.24) is 4.40 Å². The number of pyridine rings is 1. The van der Waals surface area contributed by atoms with Crippen molar-refractivity contribution in [2.45, 2.75) is 52.0 Å². The van der Waals surface area contributed by atoms with Crippen LogP contribution in [-0.2, 0) is 6.54 Å². The zero-order chi connectivity index (χ0) is 11.9. The highest BCUT2D eigenvalue weighted by molar-refractivity contribution is 5.30. The van der Waals surface area contributed by atoms with Gasteiger partial charge in [-0.15, -0.1) is 0 Å². The molecule has 0 saturated carbocycles. The van der Waals surface area contributed by atoms with Crippen molar-refractivity contribution in [1.29, 1.82) is 0 Å². The summed E-state index contributed by atoms with van der Waals surface area (Å²) < 4.78 is 4.52. The molecule has 0 unspecified atom stereocenters. The fraction of sp³-hybridized carbons (Fsp3) is 0.533. The number of unbranched alkanes of at least 4 members (excludes halogenated alkanes) is 5. The van der Waals surface area contributed by atoms with Crippen molar-refractivity contribution < 1.29 is 4.57 Å². The molecule has 0 bridgehead atoms. The summed E-state index contributed by atoms with van der Waals surface area (Å²) in [6, 6.07) is 6.35. The standard InChI is InChI=1S/C15H23N2/c1-2-3-4-5-6-8-11-16-13-14-17-12-9-7-10-15(16)17/h7,9-10,12-14H,2-6,8,11H2,1H3/q+1. The van der Waals surface area contributed by atoms with E-state index in [9.17, 15) is 0 Å². The summed E-state index contributed by atoms with van der Waals surface area (Å²) >= 11 is 0. The Morgan fingerprint density at radius 1 is 1.00 bits per heavy atom. The van der Waals surface area contributed by atoms with Crippen molar-refractivity contribution in [3.63, 3.8) is 0 Å². The van der Waals surface area contributed by atoms with Crippen LogP contribution in [0.1, 0.15) is 45.4 Å². The fourth-order valence-electron chi connectivity index (χ4n) is 2.30. The molecule has 0 aliphatic rings. The number of hydrogen-bond acceptors (Lipinski definition) is 0. The molecule has 0 aliphatic carbocycles. The maximum Gasteiger partial charge on any atom is 0.286 e. The van der Waals surface area contributed by atoms with E-state index in [-0.39, 0.29) is 0 Å². The summed E-state index contributed by atoms with van der Waals surface area (Å²) in [6.07, 6.45) is 14.6. The van der Waals surface area contributed by atoms with Gasteiger partial charge in [0.25, 0.3) is 5.65 Å². The van der Waals surface area contributed by atoms with E-state index in [4.69, 9.17) is 0 Å². The van der Waals surface area contributed by atoms with Crippen molar-refractivity contribution in [2.75, 3.05) is 0 Å². The van der Waals surface area contributed by atoms with Crippen LogP contribution in [0.2, 0.25) is 0 Å². The maximum absolute atomic E-state index is 2.35. The minimum absolute atomic E-state index is 1.15. The van der Waals surface area contributed by atoms with E-state index < -0.39 is 0 Å². The Morgan fingerprint density at radius 3 is 2.71 bits per heavy atom. The minimum atomic E-state index is 1.15. The largest absolute Gasteiger partial charge is 0.286 e. The molecular formula is C15H23N2+. The smallest absolute Gasteiger partial charge is 0.230 e. The molecule has 0 N–H and O–H groups in total. The normalized spacial score (nSPS) is 11.1. The van der Waals surface area contributed by atoms with Crippen LogP contribution < -0.4 is 4.57 Å². The topological polar surface area (TPSA) is 8.29 Å². The monoisotopic (exact) mass is 231 g/mol. The fourth-order valence-corrected chi connectivity index (χ4v) is 2.30. The Labute approximate surface area is 104 Å². The first kappa shape index (κ1) is 12.2. The Bertz CT molecular complexity index is 445. The highest BCUT2D eigenvalue weighted by Gasteiger charge is 2.06. The highest BCUT2D eigenvalue weighted by atomic mass is 15.1. The van der Waals surface area contributed by atoms with Gasteiger partial charge < -0.3 is 0 Å². The molecule has 0 aliphatic heterocycles. The second-order valence-corrected chi connectivity index (χ2v) is 4.73. The van der Waals surface area contributed by atoms with Crippen LogP contribution in [0.15, 0.2) is 36.8 Å². The molecule has 0 radical (unpaired) electrons. The van der Waals surface area contributed by atoms with E-state index in [0.717, 1.165) is 6.54 Å². The van der Waals surface area contributed by atoms with Crippen molar-refractivity contribution >= 4 is 5.65 Å². The molecule has 2 heterocycles. The van der Waals surface area contributed by atoms with Crippen LogP contribution in [0.25, 0.3) is 5.65 Å². The van der Waals surface area contributed by atoms with Gasteiger partial charge in [0, 0.05) is 6.07 Å². The van der Waals surface area contributed by atoms with Gasteiger partial charge in [0.1, 0.15) is 12.4 Å². The number of fused-ring (bicyclic) bond motifs is 1. The third kappa shape index (κ3) is 3.32. The molecule has 0 spiro atoms. The molecule has 2 aromatic rings. The zero-order valence-electron chi connectivity index (χ0n) is 10.8.